The lowest BCUT2D eigenvalue weighted by Crippen LogP contribution is -2.31. The topological polar surface area (TPSA) is 29.5 Å². The number of amides is 1. The number of aryl methyl sites for hydroxylation is 1. The van der Waals surface area contributed by atoms with Crippen molar-refractivity contribution in [2.45, 2.75) is 12.8 Å². The maximum atomic E-state index is 13.1. The van der Waals surface area contributed by atoms with Crippen LogP contribution in [0.2, 0.25) is 5.02 Å². The van der Waals surface area contributed by atoms with Gasteiger partial charge in [0, 0.05) is 18.5 Å². The molecule has 0 saturated heterocycles. The molecule has 0 aliphatic heterocycles. The van der Waals surface area contributed by atoms with Crippen LogP contribution < -0.4 is 4.74 Å². The molecule has 3 nitrogen and oxygen atoms in total. The Morgan fingerprint density at radius 2 is 2.00 bits per heavy atom. The van der Waals surface area contributed by atoms with Crippen molar-refractivity contribution in [3.05, 3.63) is 64.9 Å². The fraction of sp³-hybridized carbons (Fsp3) is 0.278. The molecule has 0 aliphatic rings. The van der Waals surface area contributed by atoms with E-state index in [0.29, 0.717) is 36.8 Å². The summed E-state index contributed by atoms with van der Waals surface area (Å²) in [6, 6.07) is 13.4. The number of hydrogen-bond acceptors (Lipinski definition) is 2. The van der Waals surface area contributed by atoms with E-state index in [1.165, 1.54) is 12.1 Å². The number of benzene rings is 2. The van der Waals surface area contributed by atoms with Gasteiger partial charge in [0.2, 0.25) is 5.91 Å². The minimum absolute atomic E-state index is 0.00366. The van der Waals surface area contributed by atoms with E-state index in [1.54, 1.807) is 30.1 Å². The van der Waals surface area contributed by atoms with E-state index in [4.69, 9.17) is 16.3 Å². The number of carbonyl (C=O) groups is 1. The van der Waals surface area contributed by atoms with Gasteiger partial charge in [0.05, 0.1) is 6.54 Å². The second-order valence-corrected chi connectivity index (χ2v) is 5.69. The molecule has 2 aromatic rings. The predicted octanol–water partition coefficient (Wildman–Crippen LogP) is 3.95. The zero-order chi connectivity index (χ0) is 16.7. The second kappa shape index (κ2) is 8.53. The number of hydrogen-bond donors (Lipinski definition) is 0. The molecule has 2 aromatic carbocycles. The SMILES string of the molecule is CN(CCOc1cccc(Cl)c1)C(=O)CCc1cccc(F)c1. The Labute approximate surface area is 140 Å². The molecule has 0 fully saturated rings. The lowest BCUT2D eigenvalue weighted by Gasteiger charge is -2.17. The van der Waals surface area contributed by atoms with E-state index in [1.807, 2.05) is 18.2 Å². The number of carbonyl (C=O) groups excluding carboxylic acids is 1. The van der Waals surface area contributed by atoms with Crippen LogP contribution in [0.1, 0.15) is 12.0 Å². The Kier molecular flexibility index (Phi) is 6.41. The third kappa shape index (κ3) is 5.91. The van der Waals surface area contributed by atoms with Crippen LogP contribution in [0.25, 0.3) is 0 Å². The van der Waals surface area contributed by atoms with Crippen molar-refractivity contribution in [2.24, 2.45) is 0 Å². The van der Waals surface area contributed by atoms with Crippen molar-refractivity contribution in [2.75, 3.05) is 20.2 Å². The molecule has 0 atom stereocenters. The smallest absolute Gasteiger partial charge is 0.222 e. The Bertz CT molecular complexity index is 663. The standard InChI is InChI=1S/C18H19ClFNO2/c1-21(10-11-23-17-7-3-5-15(19)13-17)18(22)9-8-14-4-2-6-16(20)12-14/h2-7,12-13H,8-11H2,1H3. The van der Waals surface area contributed by atoms with Crippen LogP contribution in [-0.4, -0.2) is 31.0 Å². The van der Waals surface area contributed by atoms with Crippen LogP contribution in [0.5, 0.6) is 5.75 Å². The Morgan fingerprint density at radius 1 is 1.22 bits per heavy atom. The molecule has 0 radical (unpaired) electrons. The van der Waals surface area contributed by atoms with E-state index >= 15 is 0 Å². The van der Waals surface area contributed by atoms with Gasteiger partial charge in [0.1, 0.15) is 18.2 Å². The van der Waals surface area contributed by atoms with Gasteiger partial charge in [-0.3, -0.25) is 4.79 Å². The van der Waals surface area contributed by atoms with Gasteiger partial charge in [-0.1, -0.05) is 29.8 Å². The van der Waals surface area contributed by atoms with E-state index in [-0.39, 0.29) is 11.7 Å². The molecule has 0 bridgehead atoms. The second-order valence-electron chi connectivity index (χ2n) is 5.25. The molecule has 0 aromatic heterocycles. The normalized spacial score (nSPS) is 10.4. The minimum atomic E-state index is -0.279. The van der Waals surface area contributed by atoms with E-state index < -0.39 is 0 Å². The highest BCUT2D eigenvalue weighted by molar-refractivity contribution is 6.30. The molecule has 23 heavy (non-hydrogen) atoms. The monoisotopic (exact) mass is 335 g/mol. The van der Waals surface area contributed by atoms with Gasteiger partial charge in [-0.2, -0.15) is 0 Å². The van der Waals surface area contributed by atoms with Crippen LogP contribution >= 0.6 is 11.6 Å². The van der Waals surface area contributed by atoms with Crippen LogP contribution in [0.4, 0.5) is 4.39 Å². The quantitative estimate of drug-likeness (QED) is 0.766. The highest BCUT2D eigenvalue weighted by Crippen LogP contribution is 2.17. The summed E-state index contributed by atoms with van der Waals surface area (Å²) in [6.07, 6.45) is 0.868. The summed E-state index contributed by atoms with van der Waals surface area (Å²) in [5.74, 6) is 0.403. The summed E-state index contributed by atoms with van der Waals surface area (Å²) in [4.78, 5) is 13.7. The summed E-state index contributed by atoms with van der Waals surface area (Å²) < 4.78 is 18.6. The van der Waals surface area contributed by atoms with Crippen molar-refractivity contribution in [3.8, 4) is 5.75 Å². The average Bonchev–Trinajstić information content (AvgIpc) is 2.52. The predicted molar refractivity (Wildman–Crippen MR) is 89.3 cm³/mol. The van der Waals surface area contributed by atoms with Crippen LogP contribution in [-0.2, 0) is 11.2 Å². The third-order valence-corrected chi connectivity index (χ3v) is 3.67. The zero-order valence-corrected chi connectivity index (χ0v) is 13.7. The van der Waals surface area contributed by atoms with E-state index in [9.17, 15) is 9.18 Å². The van der Waals surface area contributed by atoms with Crippen molar-refractivity contribution in [1.29, 1.82) is 0 Å². The Morgan fingerprint density at radius 3 is 2.74 bits per heavy atom. The third-order valence-electron chi connectivity index (χ3n) is 3.43. The highest BCUT2D eigenvalue weighted by atomic mass is 35.5. The van der Waals surface area contributed by atoms with E-state index in [0.717, 1.165) is 5.56 Å². The number of likely N-dealkylation sites (N-methyl/N-ethyl adjacent to an activating group) is 1. The molecular weight excluding hydrogens is 317 g/mol. The summed E-state index contributed by atoms with van der Waals surface area (Å²) >= 11 is 5.88. The summed E-state index contributed by atoms with van der Waals surface area (Å²) in [7, 11) is 1.73. The van der Waals surface area contributed by atoms with Gasteiger partial charge in [-0.25, -0.2) is 4.39 Å². The number of halogens is 2. The first kappa shape index (κ1) is 17.3. The van der Waals surface area contributed by atoms with Crippen LogP contribution in [0, 0.1) is 5.82 Å². The Balaban J connectivity index is 1.72. The fourth-order valence-electron chi connectivity index (χ4n) is 2.12. The fourth-order valence-corrected chi connectivity index (χ4v) is 2.30. The average molecular weight is 336 g/mol. The number of nitrogens with zero attached hydrogens (tertiary/aromatic N) is 1. The molecule has 2 rings (SSSR count). The molecule has 0 heterocycles. The first-order valence-corrected chi connectivity index (χ1v) is 7.79. The summed E-state index contributed by atoms with van der Waals surface area (Å²) in [5, 5.41) is 0.613. The minimum Gasteiger partial charge on any atom is -0.492 e. The lowest BCUT2D eigenvalue weighted by molar-refractivity contribution is -0.130. The van der Waals surface area contributed by atoms with Crippen LogP contribution in [0.3, 0.4) is 0 Å². The highest BCUT2D eigenvalue weighted by Gasteiger charge is 2.09. The first-order chi connectivity index (χ1) is 11.0. The molecule has 0 saturated carbocycles. The lowest BCUT2D eigenvalue weighted by atomic mass is 10.1. The molecular formula is C18H19ClFNO2. The first-order valence-electron chi connectivity index (χ1n) is 7.41. The Hall–Kier alpha value is -2.07. The molecule has 122 valence electrons. The summed E-state index contributed by atoms with van der Waals surface area (Å²) in [6.45, 7) is 0.872. The van der Waals surface area contributed by atoms with Crippen molar-refractivity contribution in [1.82, 2.24) is 4.90 Å². The number of rotatable bonds is 7. The van der Waals surface area contributed by atoms with Gasteiger partial charge < -0.3 is 9.64 Å². The maximum absolute atomic E-state index is 13.1. The van der Waals surface area contributed by atoms with Crippen molar-refractivity contribution < 1.29 is 13.9 Å². The zero-order valence-electron chi connectivity index (χ0n) is 13.0. The molecule has 0 aliphatic carbocycles. The van der Waals surface area contributed by atoms with Gasteiger partial charge in [0.15, 0.2) is 0 Å². The largest absolute Gasteiger partial charge is 0.492 e. The molecule has 1 amide bonds. The van der Waals surface area contributed by atoms with Crippen LogP contribution in [0.15, 0.2) is 48.5 Å². The van der Waals surface area contributed by atoms with Gasteiger partial charge in [-0.15, -0.1) is 0 Å². The number of ether oxygens (including phenoxy) is 1. The molecule has 0 N–H and O–H groups in total. The molecule has 5 heteroatoms. The van der Waals surface area contributed by atoms with Gasteiger partial charge in [-0.05, 0) is 42.3 Å². The maximum Gasteiger partial charge on any atom is 0.222 e. The van der Waals surface area contributed by atoms with Gasteiger partial charge in [0.25, 0.3) is 0 Å². The van der Waals surface area contributed by atoms with Crippen molar-refractivity contribution >= 4 is 17.5 Å². The van der Waals surface area contributed by atoms with Crippen molar-refractivity contribution in [3.63, 3.8) is 0 Å². The molecule has 0 spiro atoms. The summed E-state index contributed by atoms with van der Waals surface area (Å²) in [5.41, 5.74) is 0.821. The molecule has 0 unspecified atom stereocenters. The van der Waals surface area contributed by atoms with Gasteiger partial charge >= 0.3 is 0 Å². The van der Waals surface area contributed by atoms with E-state index in [2.05, 4.69) is 0 Å².